The zero-order chi connectivity index (χ0) is 18.6. The number of hydrogen-bond acceptors (Lipinski definition) is 5. The van der Waals surface area contributed by atoms with Crippen LogP contribution in [0.4, 0.5) is 0 Å². The molecule has 140 valence electrons. The molecular formula is C19H27N5O2. The summed E-state index contributed by atoms with van der Waals surface area (Å²) in [5.41, 5.74) is 8.10. The molecule has 3 heterocycles. The molecule has 0 unspecified atom stereocenters. The first-order valence-corrected chi connectivity index (χ1v) is 9.02. The molecule has 2 aliphatic rings. The van der Waals surface area contributed by atoms with Gasteiger partial charge in [-0.15, -0.1) is 0 Å². The van der Waals surface area contributed by atoms with Crippen molar-refractivity contribution in [2.45, 2.75) is 26.2 Å². The first-order valence-electron chi connectivity index (χ1n) is 9.02. The molecule has 1 aromatic heterocycles. The highest BCUT2D eigenvalue weighted by Crippen LogP contribution is 2.39. The fourth-order valence-electron chi connectivity index (χ4n) is 3.55. The summed E-state index contributed by atoms with van der Waals surface area (Å²) in [6, 6.07) is 5.67. The Kier molecular flexibility index (Phi) is 5.56. The number of pyridine rings is 1. The van der Waals surface area contributed by atoms with Gasteiger partial charge in [0.2, 0.25) is 12.4 Å². The Morgan fingerprint density at radius 3 is 2.73 bits per heavy atom. The molecule has 2 fully saturated rings. The Labute approximate surface area is 154 Å². The van der Waals surface area contributed by atoms with Crippen LogP contribution in [0.5, 0.6) is 0 Å². The Balaban J connectivity index is 1.82. The van der Waals surface area contributed by atoms with Crippen LogP contribution in [-0.2, 0) is 9.53 Å². The highest BCUT2D eigenvalue weighted by atomic mass is 16.5. The molecule has 1 spiro atoms. The summed E-state index contributed by atoms with van der Waals surface area (Å²) in [5.74, 6) is 0.957. The van der Waals surface area contributed by atoms with Crippen molar-refractivity contribution in [3.63, 3.8) is 0 Å². The summed E-state index contributed by atoms with van der Waals surface area (Å²) < 4.78 is 5.60. The largest absolute Gasteiger partial charge is 0.383 e. The van der Waals surface area contributed by atoms with Crippen molar-refractivity contribution in [3.8, 4) is 0 Å². The molecule has 2 saturated heterocycles. The standard InChI is InChI=1S/C19H27N5O2/c1-15(16-5-3-4-9-21-16)17(20)22-18(23(2)14-25)24-10-6-19(7-11-24)8-12-26-13-19/h3-5,9,14H,6-8,10-13,20H2,1-2H3/b17-15+,22-18+. The Hall–Kier alpha value is -2.41. The van der Waals surface area contributed by atoms with Gasteiger partial charge in [0.25, 0.3) is 0 Å². The lowest BCUT2D eigenvalue weighted by molar-refractivity contribution is -0.114. The lowest BCUT2D eigenvalue weighted by Crippen LogP contribution is -2.48. The van der Waals surface area contributed by atoms with Crippen molar-refractivity contribution in [1.29, 1.82) is 0 Å². The summed E-state index contributed by atoms with van der Waals surface area (Å²) in [4.78, 5) is 23.9. The third-order valence-corrected chi connectivity index (χ3v) is 5.42. The molecule has 1 amide bonds. The average Bonchev–Trinajstić information content (AvgIpc) is 3.14. The quantitative estimate of drug-likeness (QED) is 0.505. The molecule has 1 aromatic rings. The number of nitrogens with two attached hydrogens (primary N) is 1. The van der Waals surface area contributed by atoms with E-state index < -0.39 is 0 Å². The van der Waals surface area contributed by atoms with E-state index in [1.165, 1.54) is 4.90 Å². The van der Waals surface area contributed by atoms with Gasteiger partial charge in [-0.05, 0) is 43.7 Å². The van der Waals surface area contributed by atoms with Crippen molar-refractivity contribution in [3.05, 3.63) is 35.9 Å². The molecule has 2 aliphatic heterocycles. The van der Waals surface area contributed by atoms with Crippen molar-refractivity contribution < 1.29 is 9.53 Å². The van der Waals surface area contributed by atoms with Crippen LogP contribution in [0.2, 0.25) is 0 Å². The number of allylic oxidation sites excluding steroid dienone is 1. The second kappa shape index (κ2) is 7.86. The summed E-state index contributed by atoms with van der Waals surface area (Å²) in [6.45, 7) is 5.28. The Bertz CT molecular complexity index is 685. The number of piperidine rings is 1. The number of ether oxygens (including phenoxy) is 1. The van der Waals surface area contributed by atoms with Crippen LogP contribution in [0.3, 0.4) is 0 Å². The number of carbonyl (C=O) groups excluding carboxylic acids is 1. The van der Waals surface area contributed by atoms with Gasteiger partial charge in [0.1, 0.15) is 5.82 Å². The van der Waals surface area contributed by atoms with Crippen LogP contribution in [0, 0.1) is 5.41 Å². The first-order chi connectivity index (χ1) is 12.5. The van der Waals surface area contributed by atoms with Crippen molar-refractivity contribution >= 4 is 17.9 Å². The number of likely N-dealkylation sites (tertiary alicyclic amines) is 1. The van der Waals surface area contributed by atoms with Crippen molar-refractivity contribution in [2.24, 2.45) is 16.1 Å². The zero-order valence-electron chi connectivity index (χ0n) is 15.5. The lowest BCUT2D eigenvalue weighted by atomic mass is 9.78. The number of aromatic nitrogens is 1. The third-order valence-electron chi connectivity index (χ3n) is 5.42. The van der Waals surface area contributed by atoms with Gasteiger partial charge >= 0.3 is 0 Å². The Morgan fingerprint density at radius 2 is 2.15 bits per heavy atom. The highest BCUT2D eigenvalue weighted by Gasteiger charge is 2.39. The molecule has 0 aliphatic carbocycles. The van der Waals surface area contributed by atoms with E-state index in [-0.39, 0.29) is 0 Å². The first kappa shape index (κ1) is 18.4. The monoisotopic (exact) mass is 357 g/mol. The number of aliphatic imine (C=N–C) groups is 1. The van der Waals surface area contributed by atoms with Crippen LogP contribution in [0.15, 0.2) is 35.2 Å². The second-order valence-corrected chi connectivity index (χ2v) is 7.14. The molecule has 7 heteroatoms. The molecule has 7 nitrogen and oxygen atoms in total. The van der Waals surface area contributed by atoms with E-state index in [0.29, 0.717) is 17.2 Å². The molecule has 0 atom stereocenters. The fourth-order valence-corrected chi connectivity index (χ4v) is 3.55. The predicted molar refractivity (Wildman–Crippen MR) is 101 cm³/mol. The Morgan fingerprint density at radius 1 is 1.38 bits per heavy atom. The molecule has 3 rings (SSSR count). The maximum absolute atomic E-state index is 11.4. The third kappa shape index (κ3) is 3.88. The minimum absolute atomic E-state index is 0.298. The van der Waals surface area contributed by atoms with Crippen molar-refractivity contribution in [1.82, 2.24) is 14.8 Å². The summed E-state index contributed by atoms with van der Waals surface area (Å²) in [7, 11) is 1.71. The maximum Gasteiger partial charge on any atom is 0.216 e. The van der Waals surface area contributed by atoms with Crippen LogP contribution in [0.1, 0.15) is 31.9 Å². The molecule has 0 saturated carbocycles. The summed E-state index contributed by atoms with van der Waals surface area (Å²) >= 11 is 0. The molecule has 0 bridgehead atoms. The second-order valence-electron chi connectivity index (χ2n) is 7.14. The van der Waals surface area contributed by atoms with Crippen LogP contribution in [-0.4, -0.2) is 60.5 Å². The fraction of sp³-hybridized carbons (Fsp3) is 0.526. The summed E-state index contributed by atoms with van der Waals surface area (Å²) in [6.07, 6.45) is 5.70. The minimum atomic E-state index is 0.298. The van der Waals surface area contributed by atoms with Gasteiger partial charge in [0.15, 0.2) is 0 Å². The van der Waals surface area contributed by atoms with Gasteiger partial charge < -0.3 is 15.4 Å². The van der Waals surface area contributed by atoms with E-state index in [0.717, 1.165) is 63.2 Å². The molecule has 0 aromatic carbocycles. The van der Waals surface area contributed by atoms with Gasteiger partial charge in [0, 0.05) is 38.5 Å². The van der Waals surface area contributed by atoms with Crippen molar-refractivity contribution in [2.75, 3.05) is 33.4 Å². The number of rotatable bonds is 3. The lowest BCUT2D eigenvalue weighted by Gasteiger charge is -2.40. The summed E-state index contributed by atoms with van der Waals surface area (Å²) in [5, 5.41) is 0. The van der Waals surface area contributed by atoms with E-state index in [1.807, 2.05) is 25.1 Å². The van der Waals surface area contributed by atoms with E-state index in [4.69, 9.17) is 10.5 Å². The molecular weight excluding hydrogens is 330 g/mol. The number of nitrogens with zero attached hydrogens (tertiary/aromatic N) is 4. The molecule has 2 N–H and O–H groups in total. The van der Waals surface area contributed by atoms with E-state index in [9.17, 15) is 4.79 Å². The average molecular weight is 357 g/mol. The smallest absolute Gasteiger partial charge is 0.216 e. The highest BCUT2D eigenvalue weighted by molar-refractivity contribution is 5.90. The number of guanidine groups is 1. The van der Waals surface area contributed by atoms with Crippen LogP contribution < -0.4 is 5.73 Å². The van der Waals surface area contributed by atoms with Gasteiger partial charge in [-0.2, -0.15) is 4.99 Å². The number of carbonyl (C=O) groups is 1. The zero-order valence-corrected chi connectivity index (χ0v) is 15.5. The maximum atomic E-state index is 11.4. The topological polar surface area (TPSA) is 84.0 Å². The van der Waals surface area contributed by atoms with Gasteiger partial charge in [-0.3, -0.25) is 14.7 Å². The SMILES string of the molecule is C/C(=C(N)\N=C(/N(C)C=O)N1CCC2(CCOC2)CC1)c1ccccn1. The van der Waals surface area contributed by atoms with E-state index >= 15 is 0 Å². The van der Waals surface area contributed by atoms with E-state index in [2.05, 4.69) is 14.9 Å². The number of amides is 1. The predicted octanol–water partition coefficient (Wildman–Crippen LogP) is 1.68. The van der Waals surface area contributed by atoms with Crippen LogP contribution >= 0.6 is 0 Å². The van der Waals surface area contributed by atoms with Gasteiger partial charge in [-0.1, -0.05) is 6.07 Å². The van der Waals surface area contributed by atoms with Gasteiger partial charge in [-0.25, -0.2) is 0 Å². The van der Waals surface area contributed by atoms with E-state index in [1.54, 1.807) is 13.2 Å². The molecule has 26 heavy (non-hydrogen) atoms. The normalized spacial score (nSPS) is 20.8. The van der Waals surface area contributed by atoms with Gasteiger partial charge in [0.05, 0.1) is 12.3 Å². The van der Waals surface area contributed by atoms with Crippen LogP contribution in [0.25, 0.3) is 5.57 Å². The number of hydrogen-bond donors (Lipinski definition) is 1. The minimum Gasteiger partial charge on any atom is -0.383 e. The molecule has 0 radical (unpaired) electrons.